The summed E-state index contributed by atoms with van der Waals surface area (Å²) >= 11 is 4.67. The first-order valence-corrected chi connectivity index (χ1v) is 7.34. The van der Waals surface area contributed by atoms with E-state index < -0.39 is 21.2 Å². The van der Waals surface area contributed by atoms with Crippen molar-refractivity contribution in [2.24, 2.45) is 5.73 Å². The fourth-order valence-corrected chi connectivity index (χ4v) is 3.02. The molecule has 18 heavy (non-hydrogen) atoms. The zero-order valence-corrected chi connectivity index (χ0v) is 12.1. The molecule has 106 valence electrons. The van der Waals surface area contributed by atoms with E-state index in [1.165, 1.54) is 7.11 Å². The van der Waals surface area contributed by atoms with Crippen molar-refractivity contribution in [3.8, 4) is 0 Å². The van der Waals surface area contributed by atoms with E-state index >= 15 is 0 Å². The second-order valence-corrected chi connectivity index (χ2v) is 5.93. The molecule has 1 unspecified atom stereocenters. The number of methoxy groups -OCH3 is 1. The highest BCUT2D eigenvalue weighted by atomic mass is 32.2. The highest BCUT2D eigenvalue weighted by Gasteiger charge is 2.26. The van der Waals surface area contributed by atoms with Crippen molar-refractivity contribution in [3.63, 3.8) is 0 Å². The predicted octanol–water partition coefficient (Wildman–Crippen LogP) is -1.27. The molecule has 4 N–H and O–H groups in total. The number of ether oxygens (including phenoxy) is 1. The monoisotopic (exact) mass is 297 g/mol. The number of hydrogen-bond acceptors (Lipinski definition) is 5. The number of nitrogens with two attached hydrogens (primary N) is 1. The Bertz CT molecular complexity index is 383. The van der Waals surface area contributed by atoms with E-state index in [4.69, 9.17) is 10.5 Å². The van der Waals surface area contributed by atoms with Crippen LogP contribution < -0.4 is 15.8 Å². The van der Waals surface area contributed by atoms with Crippen LogP contribution in [0.5, 0.6) is 0 Å². The maximum absolute atomic E-state index is 11.8. The highest BCUT2D eigenvalue weighted by molar-refractivity contribution is 7.93. The molecule has 1 atom stereocenters. The predicted molar refractivity (Wildman–Crippen MR) is 72.7 cm³/mol. The molecule has 0 aromatic carbocycles. The first-order valence-electron chi connectivity index (χ1n) is 5.38. The van der Waals surface area contributed by atoms with E-state index in [-0.39, 0.29) is 18.0 Å². The molecule has 0 heterocycles. The van der Waals surface area contributed by atoms with Crippen molar-refractivity contribution < 1.29 is 17.9 Å². The lowest BCUT2D eigenvalue weighted by molar-refractivity contribution is -0.120. The molecule has 0 aliphatic carbocycles. The van der Waals surface area contributed by atoms with Crippen LogP contribution in [0.15, 0.2) is 0 Å². The topological polar surface area (TPSA) is 111 Å². The largest absolute Gasteiger partial charge is 0.392 e. The van der Waals surface area contributed by atoms with Crippen LogP contribution in [0.4, 0.5) is 0 Å². The zero-order valence-electron chi connectivity index (χ0n) is 10.4. The van der Waals surface area contributed by atoms with Gasteiger partial charge in [-0.2, -0.15) is 0 Å². The van der Waals surface area contributed by atoms with Gasteiger partial charge in [-0.1, -0.05) is 19.1 Å². The Morgan fingerprint density at radius 3 is 2.56 bits per heavy atom. The van der Waals surface area contributed by atoms with Gasteiger partial charge in [0.1, 0.15) is 5.25 Å². The minimum absolute atomic E-state index is 0.107. The van der Waals surface area contributed by atoms with Crippen LogP contribution in [0.2, 0.25) is 0 Å². The highest BCUT2D eigenvalue weighted by Crippen LogP contribution is 2.04. The molecule has 0 saturated heterocycles. The number of carbonyl (C=O) groups excluding carboxylic acids is 1. The quantitative estimate of drug-likeness (QED) is 0.362. The third-order valence-electron chi connectivity index (χ3n) is 2.12. The van der Waals surface area contributed by atoms with E-state index in [9.17, 15) is 13.2 Å². The van der Waals surface area contributed by atoms with Gasteiger partial charge in [-0.25, -0.2) is 13.1 Å². The fraction of sp³-hybridized carbons (Fsp3) is 0.778. The molecule has 7 nitrogen and oxygen atoms in total. The molecule has 0 aromatic rings. The molecule has 0 bridgehead atoms. The van der Waals surface area contributed by atoms with E-state index in [0.717, 1.165) is 0 Å². The van der Waals surface area contributed by atoms with Crippen molar-refractivity contribution in [1.82, 2.24) is 10.0 Å². The summed E-state index contributed by atoms with van der Waals surface area (Å²) in [6, 6.07) is 0. The molecule has 0 rings (SSSR count). The maximum Gasteiger partial charge on any atom is 0.235 e. The summed E-state index contributed by atoms with van der Waals surface area (Å²) in [5.41, 5.74) is 5.33. The first-order chi connectivity index (χ1) is 8.35. The summed E-state index contributed by atoms with van der Waals surface area (Å²) in [5, 5.41) is 1.53. The summed E-state index contributed by atoms with van der Waals surface area (Å²) in [4.78, 5) is 11.2. The van der Waals surface area contributed by atoms with Gasteiger partial charge in [0.05, 0.1) is 18.1 Å². The Morgan fingerprint density at radius 1 is 1.50 bits per heavy atom. The lowest BCUT2D eigenvalue weighted by Gasteiger charge is -2.15. The Kier molecular flexibility index (Phi) is 8.00. The van der Waals surface area contributed by atoms with Gasteiger partial charge in [0.25, 0.3) is 0 Å². The maximum atomic E-state index is 11.8. The SMILES string of the molecule is CCC(C(N)=S)S(=O)(=O)NCC(=O)NCCOC. The summed E-state index contributed by atoms with van der Waals surface area (Å²) in [6.07, 6.45) is 0.260. The number of sulfonamides is 1. The van der Waals surface area contributed by atoms with Crippen LogP contribution in [-0.2, 0) is 19.6 Å². The third-order valence-corrected chi connectivity index (χ3v) is 4.44. The Hall–Kier alpha value is -0.770. The second-order valence-electron chi connectivity index (χ2n) is 3.51. The first kappa shape index (κ1) is 17.2. The molecular weight excluding hydrogens is 278 g/mol. The van der Waals surface area contributed by atoms with Crippen LogP contribution >= 0.6 is 12.2 Å². The lowest BCUT2D eigenvalue weighted by atomic mass is 10.3. The van der Waals surface area contributed by atoms with E-state index in [0.29, 0.717) is 13.2 Å². The van der Waals surface area contributed by atoms with Gasteiger partial charge in [-0.3, -0.25) is 4.79 Å². The summed E-state index contributed by atoms with van der Waals surface area (Å²) in [6.45, 7) is 2.00. The number of amides is 1. The summed E-state index contributed by atoms with van der Waals surface area (Å²) in [5.74, 6) is -0.437. The van der Waals surface area contributed by atoms with E-state index in [1.807, 2.05) is 0 Å². The van der Waals surface area contributed by atoms with Gasteiger partial charge < -0.3 is 15.8 Å². The van der Waals surface area contributed by atoms with Crippen molar-refractivity contribution in [2.75, 3.05) is 26.8 Å². The molecule has 1 amide bonds. The van der Waals surface area contributed by atoms with Crippen molar-refractivity contribution in [3.05, 3.63) is 0 Å². The number of thiocarbonyl (C=S) groups is 1. The summed E-state index contributed by atoms with van der Waals surface area (Å²) < 4.78 is 30.4. The number of hydrogen-bond donors (Lipinski definition) is 3. The van der Waals surface area contributed by atoms with Gasteiger partial charge in [-0.05, 0) is 6.42 Å². The molecule has 9 heteroatoms. The van der Waals surface area contributed by atoms with E-state index in [2.05, 4.69) is 22.3 Å². The normalized spacial score (nSPS) is 13.0. The standard InChI is InChI=1S/C9H19N3O4S2/c1-3-7(9(10)17)18(14,15)12-6-8(13)11-4-5-16-2/h7,12H,3-6H2,1-2H3,(H2,10,17)(H,11,13). The molecule has 0 aliphatic rings. The fourth-order valence-electron chi connectivity index (χ4n) is 1.20. The van der Waals surface area contributed by atoms with Gasteiger partial charge in [-0.15, -0.1) is 0 Å². The van der Waals surface area contributed by atoms with Gasteiger partial charge in [0.2, 0.25) is 15.9 Å². The molecule has 0 aliphatic heterocycles. The zero-order chi connectivity index (χ0) is 14.2. The minimum atomic E-state index is -3.71. The van der Waals surface area contributed by atoms with Crippen molar-refractivity contribution in [1.29, 1.82) is 0 Å². The molecule has 0 fully saturated rings. The third kappa shape index (κ3) is 6.24. The van der Waals surface area contributed by atoms with Crippen LogP contribution in [-0.4, -0.2) is 51.4 Å². The number of rotatable bonds is 9. The van der Waals surface area contributed by atoms with Crippen LogP contribution in [0, 0.1) is 0 Å². The van der Waals surface area contributed by atoms with Crippen molar-refractivity contribution >= 4 is 33.1 Å². The minimum Gasteiger partial charge on any atom is -0.392 e. The van der Waals surface area contributed by atoms with Crippen LogP contribution in [0.3, 0.4) is 0 Å². The van der Waals surface area contributed by atoms with Crippen LogP contribution in [0.25, 0.3) is 0 Å². The Balaban J connectivity index is 4.26. The number of carbonyl (C=O) groups is 1. The smallest absolute Gasteiger partial charge is 0.235 e. The lowest BCUT2D eigenvalue weighted by Crippen LogP contribution is -2.45. The Labute approximate surface area is 112 Å². The molecule has 0 aromatic heterocycles. The Morgan fingerprint density at radius 2 is 2.11 bits per heavy atom. The van der Waals surface area contributed by atoms with Crippen LogP contribution in [0.1, 0.15) is 13.3 Å². The van der Waals surface area contributed by atoms with Gasteiger partial charge in [0.15, 0.2) is 0 Å². The van der Waals surface area contributed by atoms with Crippen molar-refractivity contribution in [2.45, 2.75) is 18.6 Å². The molecule has 0 saturated carbocycles. The summed E-state index contributed by atoms with van der Waals surface area (Å²) in [7, 11) is -2.20. The second kappa shape index (κ2) is 8.35. The number of nitrogens with one attached hydrogen (secondary N) is 2. The van der Waals surface area contributed by atoms with E-state index in [1.54, 1.807) is 6.92 Å². The average Bonchev–Trinajstić information content (AvgIpc) is 2.27. The van der Waals surface area contributed by atoms with Gasteiger partial charge >= 0.3 is 0 Å². The average molecular weight is 297 g/mol. The molecule has 0 spiro atoms. The molecular formula is C9H19N3O4S2. The molecule has 0 radical (unpaired) electrons. The van der Waals surface area contributed by atoms with Gasteiger partial charge in [0, 0.05) is 13.7 Å².